The van der Waals surface area contributed by atoms with Crippen LogP contribution in [0.5, 0.6) is 0 Å². The van der Waals surface area contributed by atoms with Gasteiger partial charge in [-0.2, -0.15) is 0 Å². The van der Waals surface area contributed by atoms with E-state index >= 15 is 0 Å². The van der Waals surface area contributed by atoms with Gasteiger partial charge in [-0.1, -0.05) is 35.9 Å². The molecule has 1 aliphatic rings. The van der Waals surface area contributed by atoms with Crippen molar-refractivity contribution in [2.45, 2.75) is 32.7 Å². The van der Waals surface area contributed by atoms with Crippen molar-refractivity contribution in [2.75, 3.05) is 5.32 Å². The van der Waals surface area contributed by atoms with Crippen molar-refractivity contribution < 1.29 is 14.0 Å². The number of rotatable bonds is 6. The van der Waals surface area contributed by atoms with Crippen LogP contribution < -0.4 is 10.6 Å². The fourth-order valence-electron chi connectivity index (χ4n) is 3.39. The molecule has 1 heterocycles. The Morgan fingerprint density at radius 1 is 1.00 bits per heavy atom. The van der Waals surface area contributed by atoms with Gasteiger partial charge in [0.05, 0.1) is 12.3 Å². The number of furan rings is 1. The third-order valence-corrected chi connectivity index (χ3v) is 5.31. The minimum Gasteiger partial charge on any atom is -0.459 e. The summed E-state index contributed by atoms with van der Waals surface area (Å²) in [4.78, 5) is 25.3. The van der Waals surface area contributed by atoms with E-state index in [1.54, 1.807) is 24.3 Å². The molecule has 3 aromatic rings. The number of carbonyl (C=O) groups excluding carboxylic acids is 2. The van der Waals surface area contributed by atoms with Gasteiger partial charge in [0.1, 0.15) is 0 Å². The Morgan fingerprint density at radius 2 is 1.76 bits per heavy atom. The summed E-state index contributed by atoms with van der Waals surface area (Å²) in [5, 5.41) is 6.01. The van der Waals surface area contributed by atoms with Crippen LogP contribution in [0.2, 0.25) is 0 Å². The van der Waals surface area contributed by atoms with Crippen molar-refractivity contribution in [3.63, 3.8) is 0 Å². The maximum absolute atomic E-state index is 13.0. The topological polar surface area (TPSA) is 71.3 Å². The highest BCUT2D eigenvalue weighted by molar-refractivity contribution is 6.04. The molecule has 1 fully saturated rings. The van der Waals surface area contributed by atoms with Gasteiger partial charge in [0.2, 0.25) is 0 Å². The maximum Gasteiger partial charge on any atom is 0.291 e. The van der Waals surface area contributed by atoms with E-state index in [0.717, 1.165) is 24.0 Å². The second kappa shape index (κ2) is 7.95. The minimum atomic E-state index is -0.342. The average molecular weight is 388 g/mol. The quantitative estimate of drug-likeness (QED) is 0.622. The van der Waals surface area contributed by atoms with Crippen LogP contribution in [-0.2, 0) is 0 Å². The summed E-state index contributed by atoms with van der Waals surface area (Å²) < 4.78 is 5.14. The van der Waals surface area contributed by atoms with Gasteiger partial charge in [-0.05, 0) is 68.0 Å². The fourth-order valence-corrected chi connectivity index (χ4v) is 3.39. The highest BCUT2D eigenvalue weighted by atomic mass is 16.3. The van der Waals surface area contributed by atoms with Crippen LogP contribution in [-0.4, -0.2) is 11.8 Å². The number of hydrogen-bond donors (Lipinski definition) is 2. The Bertz CT molecular complexity index is 1020. The highest BCUT2D eigenvalue weighted by Gasteiger charge is 2.33. The number of nitrogens with one attached hydrogen (secondary N) is 2. The third kappa shape index (κ3) is 4.40. The summed E-state index contributed by atoms with van der Waals surface area (Å²) in [6, 6.07) is 16.9. The van der Waals surface area contributed by atoms with E-state index in [1.807, 2.05) is 13.0 Å². The second-order valence-electron chi connectivity index (χ2n) is 7.66. The first-order valence-corrected chi connectivity index (χ1v) is 9.84. The second-order valence-corrected chi connectivity index (χ2v) is 7.66. The Hall–Kier alpha value is -3.34. The zero-order valence-corrected chi connectivity index (χ0v) is 16.6. The lowest BCUT2D eigenvalue weighted by atomic mass is 10.00. The summed E-state index contributed by atoms with van der Waals surface area (Å²) in [6.07, 6.45) is 3.70. The summed E-state index contributed by atoms with van der Waals surface area (Å²) >= 11 is 0. The molecular weight excluding hydrogens is 364 g/mol. The molecule has 5 heteroatoms. The van der Waals surface area contributed by atoms with E-state index in [2.05, 4.69) is 41.8 Å². The molecule has 2 aromatic carbocycles. The van der Waals surface area contributed by atoms with Gasteiger partial charge in [0.15, 0.2) is 5.76 Å². The van der Waals surface area contributed by atoms with Gasteiger partial charge < -0.3 is 15.1 Å². The molecule has 4 rings (SSSR count). The molecule has 1 aliphatic carbocycles. The Kier molecular flexibility index (Phi) is 5.21. The van der Waals surface area contributed by atoms with Crippen molar-refractivity contribution in [1.82, 2.24) is 5.32 Å². The molecule has 1 atom stereocenters. The number of amides is 2. The van der Waals surface area contributed by atoms with Crippen LogP contribution in [0.3, 0.4) is 0 Å². The number of anilines is 1. The predicted octanol–water partition coefficient (Wildman–Crippen LogP) is 5.03. The number of hydrogen-bond acceptors (Lipinski definition) is 3. The smallest absolute Gasteiger partial charge is 0.291 e. The summed E-state index contributed by atoms with van der Waals surface area (Å²) in [6.45, 7) is 3.94. The van der Waals surface area contributed by atoms with E-state index in [9.17, 15) is 9.59 Å². The van der Waals surface area contributed by atoms with Gasteiger partial charge >= 0.3 is 0 Å². The fraction of sp³-hybridized carbons (Fsp3) is 0.250. The van der Waals surface area contributed by atoms with Gasteiger partial charge in [-0.25, -0.2) is 0 Å². The Labute approximate surface area is 170 Å². The van der Waals surface area contributed by atoms with Crippen LogP contribution >= 0.6 is 0 Å². The number of carbonyl (C=O) groups is 2. The SMILES string of the molecule is Cc1ccc(C(NC(=O)c2ccc(C)c(NC(=O)c3ccco3)c2)C2CC2)cc1. The van der Waals surface area contributed by atoms with Crippen LogP contribution in [0.15, 0.2) is 65.3 Å². The molecule has 1 aromatic heterocycles. The molecule has 0 spiro atoms. The zero-order valence-electron chi connectivity index (χ0n) is 16.6. The van der Waals surface area contributed by atoms with Crippen LogP contribution in [0, 0.1) is 19.8 Å². The van der Waals surface area contributed by atoms with Crippen molar-refractivity contribution in [1.29, 1.82) is 0 Å². The minimum absolute atomic E-state index is 0.00515. The zero-order chi connectivity index (χ0) is 20.4. The third-order valence-electron chi connectivity index (χ3n) is 5.31. The molecular formula is C24H24N2O3. The summed E-state index contributed by atoms with van der Waals surface area (Å²) in [5.74, 6) is 0.222. The number of benzene rings is 2. The molecule has 1 unspecified atom stereocenters. The van der Waals surface area contributed by atoms with E-state index in [0.29, 0.717) is 17.2 Å². The molecule has 0 bridgehead atoms. The largest absolute Gasteiger partial charge is 0.459 e. The van der Waals surface area contributed by atoms with Gasteiger partial charge in [0.25, 0.3) is 11.8 Å². The van der Waals surface area contributed by atoms with Crippen LogP contribution in [0.4, 0.5) is 5.69 Å². The molecule has 5 nitrogen and oxygen atoms in total. The molecule has 1 saturated carbocycles. The lowest BCUT2D eigenvalue weighted by Crippen LogP contribution is -2.30. The number of aryl methyl sites for hydroxylation is 2. The summed E-state index contributed by atoms with van der Waals surface area (Å²) in [5.41, 5.74) is 4.31. The van der Waals surface area contributed by atoms with E-state index < -0.39 is 0 Å². The van der Waals surface area contributed by atoms with E-state index in [4.69, 9.17) is 4.42 Å². The molecule has 2 amide bonds. The lowest BCUT2D eigenvalue weighted by Gasteiger charge is -2.19. The standard InChI is InChI=1S/C24H24N2O3/c1-15-5-8-17(9-6-15)22(18-11-12-18)26-23(27)19-10-7-16(2)20(14-19)25-24(28)21-4-3-13-29-21/h3-10,13-14,18,22H,11-12H2,1-2H3,(H,25,28)(H,26,27). The molecule has 29 heavy (non-hydrogen) atoms. The van der Waals surface area contributed by atoms with E-state index in [1.165, 1.54) is 11.8 Å². The first-order valence-electron chi connectivity index (χ1n) is 9.84. The van der Waals surface area contributed by atoms with Gasteiger partial charge in [0, 0.05) is 11.3 Å². The van der Waals surface area contributed by atoms with E-state index in [-0.39, 0.29) is 23.6 Å². The average Bonchev–Trinajstić information content (AvgIpc) is 3.40. The predicted molar refractivity (Wildman–Crippen MR) is 112 cm³/mol. The first-order chi connectivity index (χ1) is 14.0. The Balaban J connectivity index is 1.52. The molecule has 0 saturated heterocycles. The molecule has 0 aliphatic heterocycles. The van der Waals surface area contributed by atoms with Crippen molar-refractivity contribution in [3.8, 4) is 0 Å². The van der Waals surface area contributed by atoms with Crippen LogP contribution in [0.25, 0.3) is 0 Å². The summed E-state index contributed by atoms with van der Waals surface area (Å²) in [7, 11) is 0. The molecule has 2 N–H and O–H groups in total. The molecule has 148 valence electrons. The van der Waals surface area contributed by atoms with Gasteiger partial charge in [-0.3, -0.25) is 9.59 Å². The van der Waals surface area contributed by atoms with Crippen molar-refractivity contribution >= 4 is 17.5 Å². The molecule has 0 radical (unpaired) electrons. The monoisotopic (exact) mass is 388 g/mol. The Morgan fingerprint density at radius 3 is 2.41 bits per heavy atom. The van der Waals surface area contributed by atoms with Gasteiger partial charge in [-0.15, -0.1) is 0 Å². The lowest BCUT2D eigenvalue weighted by molar-refractivity contribution is 0.0930. The van der Waals surface area contributed by atoms with Crippen molar-refractivity contribution in [3.05, 3.63) is 88.9 Å². The first kappa shape index (κ1) is 19.0. The maximum atomic E-state index is 13.0. The van der Waals surface area contributed by atoms with Crippen LogP contribution in [0.1, 0.15) is 56.5 Å². The highest BCUT2D eigenvalue weighted by Crippen LogP contribution is 2.41. The van der Waals surface area contributed by atoms with Crippen molar-refractivity contribution in [2.24, 2.45) is 5.92 Å². The normalized spacial score (nSPS) is 14.3.